The van der Waals surface area contributed by atoms with Crippen LogP contribution in [0.2, 0.25) is 0 Å². The van der Waals surface area contributed by atoms with Crippen molar-refractivity contribution in [3.8, 4) is 0 Å². The van der Waals surface area contributed by atoms with E-state index in [4.69, 9.17) is 4.74 Å². The largest absolute Gasteiger partial charge is 0.377 e. The summed E-state index contributed by atoms with van der Waals surface area (Å²) in [6.07, 6.45) is 0. The van der Waals surface area contributed by atoms with Gasteiger partial charge in [-0.15, -0.1) is 0 Å². The van der Waals surface area contributed by atoms with Gasteiger partial charge in [-0.1, -0.05) is 0 Å². The van der Waals surface area contributed by atoms with Gasteiger partial charge in [-0.05, 0) is 20.9 Å². The third-order valence-corrected chi connectivity index (χ3v) is 1.16. The maximum atomic E-state index is 5.12. The Bertz CT molecular complexity index is 66.1. The van der Waals surface area contributed by atoms with E-state index in [0.29, 0.717) is 0 Å². The van der Waals surface area contributed by atoms with Gasteiger partial charge in [-0.25, -0.2) is 0 Å². The van der Waals surface area contributed by atoms with Crippen LogP contribution in [-0.4, -0.2) is 26.3 Å². The van der Waals surface area contributed by atoms with Crippen LogP contribution in [0.1, 0.15) is 15.3 Å². The molecule has 0 aromatic carbocycles. The molecule has 2 nitrogen and oxygen atoms in total. The van der Waals surface area contributed by atoms with Crippen LogP contribution in [-0.2, 0) is 4.74 Å². The van der Waals surface area contributed by atoms with Crippen molar-refractivity contribution in [2.24, 2.45) is 0 Å². The average molecular weight is 119 g/mol. The quantitative estimate of drug-likeness (QED) is 0.595. The highest BCUT2D eigenvalue weighted by molar-refractivity contribution is 4.68. The van der Waals surface area contributed by atoms with Crippen LogP contribution in [0.15, 0.2) is 0 Å². The third kappa shape index (κ3) is 2.99. The summed E-state index contributed by atoms with van der Waals surface area (Å²) >= 11 is 0. The number of hydrogen-bond donors (Lipinski definition) is 1. The van der Waals surface area contributed by atoms with Gasteiger partial charge in [0.2, 0.25) is 0 Å². The van der Waals surface area contributed by atoms with E-state index in [9.17, 15) is 0 Å². The van der Waals surface area contributed by atoms with Gasteiger partial charge in [0.1, 0.15) is 0 Å². The van der Waals surface area contributed by atoms with Crippen molar-refractivity contribution in [3.63, 3.8) is 0 Å². The zero-order valence-corrected chi connectivity index (χ0v) is 6.12. The Morgan fingerprint density at radius 3 is 2.25 bits per heavy atom. The van der Waals surface area contributed by atoms with Gasteiger partial charge in [0.05, 0.1) is 5.60 Å². The predicted molar refractivity (Wildman–Crippen MR) is 37.1 cm³/mol. The first-order valence-corrected chi connectivity index (χ1v) is 2.82. The lowest BCUT2D eigenvalue weighted by atomic mass is 10.1. The van der Waals surface area contributed by atoms with Gasteiger partial charge in [0, 0.05) is 15.1 Å². The first-order valence-electron chi connectivity index (χ1n) is 2.82. The van der Waals surface area contributed by atoms with E-state index in [1.165, 1.54) is 0 Å². The first-order chi connectivity index (χ1) is 3.62. The Balaban J connectivity index is 0. The Morgan fingerprint density at radius 2 is 2.12 bits per heavy atom. The van der Waals surface area contributed by atoms with Gasteiger partial charge >= 0.3 is 0 Å². The lowest BCUT2D eigenvalue weighted by Gasteiger charge is -2.21. The normalized spacial score (nSPS) is 12.0. The fourth-order valence-electron chi connectivity index (χ4n) is 0.498. The van der Waals surface area contributed by atoms with E-state index in [-0.39, 0.29) is 7.03 Å². The molecule has 52 valence electrons. The first kappa shape index (κ1) is 7.92. The average Bonchev–Trinajstić information content (AvgIpc) is 1.67. The van der Waals surface area contributed by atoms with Gasteiger partial charge in [-0.3, -0.25) is 0 Å². The van der Waals surface area contributed by atoms with Gasteiger partial charge in [-0.2, -0.15) is 0 Å². The number of ether oxygens (including phenoxy) is 1. The number of nitrogens with one attached hydrogen (secondary N) is 1. The number of likely N-dealkylation sites (N-methyl/N-ethyl adjacent to an activating group) is 1. The molecule has 0 bridgehead atoms. The molecule has 0 rings (SSSR count). The van der Waals surface area contributed by atoms with Crippen LogP contribution in [0.5, 0.6) is 0 Å². The molecule has 8 heavy (non-hydrogen) atoms. The molecule has 1 N–H and O–H groups in total. The number of hydrogen-bond acceptors (Lipinski definition) is 2. The molecule has 0 atom stereocenters. The molecule has 0 amide bonds. The van der Waals surface area contributed by atoms with Crippen LogP contribution in [0.3, 0.4) is 0 Å². The number of rotatable bonds is 3. The second kappa shape index (κ2) is 3.05. The summed E-state index contributed by atoms with van der Waals surface area (Å²) in [5.74, 6) is 0. The van der Waals surface area contributed by atoms with E-state index < -0.39 is 0 Å². The van der Waals surface area contributed by atoms with E-state index in [2.05, 4.69) is 5.32 Å². The maximum absolute atomic E-state index is 5.12. The minimum absolute atomic E-state index is 0. The molecule has 0 spiro atoms. The van der Waals surface area contributed by atoms with Gasteiger partial charge < -0.3 is 10.1 Å². The van der Waals surface area contributed by atoms with Crippen LogP contribution in [0.4, 0.5) is 0 Å². The molecular formula is C6H17NO. The fourth-order valence-corrected chi connectivity index (χ4v) is 0.498. The predicted octanol–water partition coefficient (Wildman–Crippen LogP) is 0.877. The van der Waals surface area contributed by atoms with Gasteiger partial charge in [0.15, 0.2) is 0 Å². The highest BCUT2D eigenvalue weighted by Crippen LogP contribution is 2.03. The lowest BCUT2D eigenvalue weighted by Crippen LogP contribution is -2.34. The Morgan fingerprint density at radius 1 is 1.62 bits per heavy atom. The summed E-state index contributed by atoms with van der Waals surface area (Å²) < 4.78 is 5.12. The minimum Gasteiger partial charge on any atom is -0.377 e. The Hall–Kier alpha value is -0.0800. The summed E-state index contributed by atoms with van der Waals surface area (Å²) in [7, 11) is 3.64. The van der Waals surface area contributed by atoms with Crippen LogP contribution in [0, 0.1) is 0 Å². The van der Waals surface area contributed by atoms with Crippen molar-refractivity contribution in [2.75, 3.05) is 20.7 Å². The molecule has 0 aromatic rings. The molecule has 0 aliphatic heterocycles. The molecule has 2 heteroatoms. The standard InChI is InChI=1S/C6H15NO.H2/c1-6(2,8-4)5-7-3;/h7H,5H2,1-4H3;1H. The van der Waals surface area contributed by atoms with E-state index in [0.717, 1.165) is 6.54 Å². The molecule has 0 aliphatic carbocycles. The topological polar surface area (TPSA) is 21.3 Å². The fraction of sp³-hybridized carbons (Fsp3) is 1.00. The highest BCUT2D eigenvalue weighted by Gasteiger charge is 2.13. The van der Waals surface area contributed by atoms with Crippen molar-refractivity contribution >= 4 is 0 Å². The van der Waals surface area contributed by atoms with Crippen molar-refractivity contribution in [1.82, 2.24) is 5.32 Å². The molecule has 0 aliphatic rings. The molecule has 0 aromatic heterocycles. The molecule has 0 unspecified atom stereocenters. The second-order valence-corrected chi connectivity index (χ2v) is 2.49. The molecule has 0 saturated heterocycles. The smallest absolute Gasteiger partial charge is 0.0746 e. The molecular weight excluding hydrogens is 102 g/mol. The number of methoxy groups -OCH3 is 1. The van der Waals surface area contributed by atoms with Crippen LogP contribution in [0.25, 0.3) is 0 Å². The van der Waals surface area contributed by atoms with Crippen LogP contribution >= 0.6 is 0 Å². The van der Waals surface area contributed by atoms with Crippen LogP contribution < -0.4 is 5.32 Å². The molecule has 0 saturated carbocycles. The van der Waals surface area contributed by atoms with Gasteiger partial charge in [0.25, 0.3) is 0 Å². The summed E-state index contributed by atoms with van der Waals surface area (Å²) in [6, 6.07) is 0. The summed E-state index contributed by atoms with van der Waals surface area (Å²) in [5.41, 5.74) is -0.0191. The summed E-state index contributed by atoms with van der Waals surface area (Å²) in [5, 5.41) is 3.03. The zero-order valence-electron chi connectivity index (χ0n) is 6.12. The van der Waals surface area contributed by atoms with E-state index >= 15 is 0 Å². The van der Waals surface area contributed by atoms with Crippen molar-refractivity contribution in [1.29, 1.82) is 0 Å². The second-order valence-electron chi connectivity index (χ2n) is 2.49. The SMILES string of the molecule is CNCC(C)(C)OC.[HH]. The molecule has 0 fully saturated rings. The summed E-state index contributed by atoms with van der Waals surface area (Å²) in [4.78, 5) is 0. The minimum atomic E-state index is -0.0191. The van der Waals surface area contributed by atoms with E-state index in [1.807, 2.05) is 20.9 Å². The maximum Gasteiger partial charge on any atom is 0.0746 e. The summed E-state index contributed by atoms with van der Waals surface area (Å²) in [6.45, 7) is 4.98. The monoisotopic (exact) mass is 119 g/mol. The third-order valence-electron chi connectivity index (χ3n) is 1.16. The highest BCUT2D eigenvalue weighted by atomic mass is 16.5. The molecule has 0 heterocycles. The zero-order chi connectivity index (χ0) is 6.62. The van der Waals surface area contributed by atoms with E-state index in [1.54, 1.807) is 7.11 Å². The van der Waals surface area contributed by atoms with Crippen molar-refractivity contribution < 1.29 is 6.16 Å². The molecule has 0 radical (unpaired) electrons. The lowest BCUT2D eigenvalue weighted by molar-refractivity contribution is 0.0249. The van der Waals surface area contributed by atoms with Crippen molar-refractivity contribution in [3.05, 3.63) is 0 Å². The Kier molecular flexibility index (Phi) is 3.02. The van der Waals surface area contributed by atoms with Crippen molar-refractivity contribution in [2.45, 2.75) is 19.4 Å². The Labute approximate surface area is 52.7 Å².